The molecule has 2 nitrogen and oxygen atoms in total. The Hall–Kier alpha value is -1.68. The topological polar surface area (TPSA) is 33.4 Å². The zero-order valence-electron chi connectivity index (χ0n) is 8.58. The molecule has 0 saturated heterocycles. The molecule has 0 spiro atoms. The van der Waals surface area contributed by atoms with Gasteiger partial charge in [-0.2, -0.15) is 0 Å². The van der Waals surface area contributed by atoms with Gasteiger partial charge in [0.1, 0.15) is 11.9 Å². The van der Waals surface area contributed by atoms with Crippen molar-refractivity contribution < 1.29 is 18.3 Å². The first-order valence-electron chi connectivity index (χ1n) is 4.76. The van der Waals surface area contributed by atoms with E-state index >= 15 is 0 Å². The van der Waals surface area contributed by atoms with E-state index in [2.05, 4.69) is 0 Å². The van der Waals surface area contributed by atoms with Crippen LogP contribution in [0, 0.1) is 18.6 Å². The maximum absolute atomic E-state index is 13.0. The minimum Gasteiger partial charge on any atom is -0.469 e. The van der Waals surface area contributed by atoms with Crippen LogP contribution in [0.5, 0.6) is 0 Å². The van der Waals surface area contributed by atoms with Crippen LogP contribution >= 0.6 is 0 Å². The first-order chi connectivity index (χ1) is 7.58. The Kier molecular flexibility index (Phi) is 2.75. The number of furan rings is 1. The molecule has 0 radical (unpaired) electrons. The van der Waals surface area contributed by atoms with E-state index in [1.807, 2.05) is 0 Å². The quantitative estimate of drug-likeness (QED) is 0.850. The average Bonchev–Trinajstić information content (AvgIpc) is 2.68. The van der Waals surface area contributed by atoms with Gasteiger partial charge in [-0.3, -0.25) is 0 Å². The fourth-order valence-electron chi connectivity index (χ4n) is 1.48. The second kappa shape index (κ2) is 4.06. The van der Waals surface area contributed by atoms with Crippen LogP contribution in [-0.2, 0) is 0 Å². The monoisotopic (exact) mass is 224 g/mol. The maximum Gasteiger partial charge on any atom is 0.159 e. The van der Waals surface area contributed by atoms with E-state index in [9.17, 15) is 13.9 Å². The van der Waals surface area contributed by atoms with Crippen LogP contribution in [-0.4, -0.2) is 5.11 Å². The molecule has 1 heterocycles. The summed E-state index contributed by atoms with van der Waals surface area (Å²) in [5, 5.41) is 9.87. The summed E-state index contributed by atoms with van der Waals surface area (Å²) in [6, 6.07) is 4.94. The number of rotatable bonds is 2. The van der Waals surface area contributed by atoms with E-state index in [-0.39, 0.29) is 0 Å². The van der Waals surface area contributed by atoms with Crippen molar-refractivity contribution in [1.29, 1.82) is 0 Å². The van der Waals surface area contributed by atoms with Crippen molar-refractivity contribution >= 4 is 0 Å². The lowest BCUT2D eigenvalue weighted by molar-refractivity contribution is 0.218. The lowest BCUT2D eigenvalue weighted by atomic mass is 10.0. The van der Waals surface area contributed by atoms with Crippen molar-refractivity contribution in [1.82, 2.24) is 0 Å². The summed E-state index contributed by atoms with van der Waals surface area (Å²) in [4.78, 5) is 0. The number of hydrogen-bond acceptors (Lipinski definition) is 2. The van der Waals surface area contributed by atoms with Crippen molar-refractivity contribution in [3.63, 3.8) is 0 Å². The molecule has 1 N–H and O–H groups in total. The number of aliphatic hydroxyl groups excluding tert-OH is 1. The molecule has 0 bridgehead atoms. The molecule has 0 aliphatic carbocycles. The zero-order chi connectivity index (χ0) is 11.7. The van der Waals surface area contributed by atoms with Crippen molar-refractivity contribution in [3.8, 4) is 0 Å². The first kappa shape index (κ1) is 10.8. The molecular weight excluding hydrogens is 214 g/mol. The maximum atomic E-state index is 13.0. The largest absolute Gasteiger partial charge is 0.469 e. The Balaban J connectivity index is 2.33. The molecule has 2 aromatic rings. The molecule has 1 atom stereocenters. The molecule has 84 valence electrons. The third-order valence-electron chi connectivity index (χ3n) is 2.33. The fourth-order valence-corrected chi connectivity index (χ4v) is 1.48. The average molecular weight is 224 g/mol. The molecule has 0 aliphatic heterocycles. The van der Waals surface area contributed by atoms with Gasteiger partial charge in [0.25, 0.3) is 0 Å². The molecule has 1 aromatic carbocycles. The molecule has 0 aliphatic rings. The van der Waals surface area contributed by atoms with Gasteiger partial charge in [-0.15, -0.1) is 0 Å². The SMILES string of the molecule is Cc1cc(C(O)c2ccc(F)c(F)c2)co1. The van der Waals surface area contributed by atoms with E-state index in [1.54, 1.807) is 13.0 Å². The van der Waals surface area contributed by atoms with E-state index in [0.717, 1.165) is 12.1 Å². The van der Waals surface area contributed by atoms with E-state index in [0.29, 0.717) is 16.9 Å². The Bertz CT molecular complexity index is 505. The standard InChI is InChI=1S/C12H10F2O2/c1-7-4-9(6-16-7)12(15)8-2-3-10(13)11(14)5-8/h2-6,12,15H,1H3. The molecule has 0 amide bonds. The predicted octanol–water partition coefficient (Wildman–Crippen LogP) is 2.95. The highest BCUT2D eigenvalue weighted by Gasteiger charge is 2.14. The summed E-state index contributed by atoms with van der Waals surface area (Å²) in [5.41, 5.74) is 0.809. The number of aryl methyl sites for hydroxylation is 1. The van der Waals surface area contributed by atoms with Crippen LogP contribution < -0.4 is 0 Å². The highest BCUT2D eigenvalue weighted by Crippen LogP contribution is 2.24. The van der Waals surface area contributed by atoms with Crippen LogP contribution in [0.25, 0.3) is 0 Å². The predicted molar refractivity (Wildman–Crippen MR) is 53.9 cm³/mol. The molecule has 1 unspecified atom stereocenters. The van der Waals surface area contributed by atoms with Crippen molar-refractivity contribution in [2.24, 2.45) is 0 Å². The molecule has 0 fully saturated rings. The van der Waals surface area contributed by atoms with E-state index in [1.165, 1.54) is 12.3 Å². The van der Waals surface area contributed by atoms with Gasteiger partial charge in [0.2, 0.25) is 0 Å². The van der Waals surface area contributed by atoms with Gasteiger partial charge in [0.15, 0.2) is 11.6 Å². The Morgan fingerprint density at radius 1 is 1.12 bits per heavy atom. The van der Waals surface area contributed by atoms with Gasteiger partial charge < -0.3 is 9.52 Å². The Morgan fingerprint density at radius 2 is 1.88 bits per heavy atom. The summed E-state index contributed by atoms with van der Waals surface area (Å²) in [6.45, 7) is 1.74. The minimum atomic E-state index is -1.01. The molecule has 4 heteroatoms. The van der Waals surface area contributed by atoms with Crippen molar-refractivity contribution in [3.05, 3.63) is 59.1 Å². The van der Waals surface area contributed by atoms with Gasteiger partial charge in [-0.25, -0.2) is 8.78 Å². The fraction of sp³-hybridized carbons (Fsp3) is 0.167. The first-order valence-corrected chi connectivity index (χ1v) is 4.76. The third-order valence-corrected chi connectivity index (χ3v) is 2.33. The molecule has 0 saturated carbocycles. The van der Waals surface area contributed by atoms with Crippen molar-refractivity contribution in [2.75, 3.05) is 0 Å². The van der Waals surface area contributed by atoms with Crippen LogP contribution in [0.4, 0.5) is 8.78 Å². The summed E-state index contributed by atoms with van der Waals surface area (Å²) in [6.07, 6.45) is 0.383. The Morgan fingerprint density at radius 3 is 2.44 bits per heavy atom. The van der Waals surface area contributed by atoms with Crippen LogP contribution in [0.3, 0.4) is 0 Å². The number of aliphatic hydroxyl groups is 1. The summed E-state index contributed by atoms with van der Waals surface area (Å²) in [5.74, 6) is -1.26. The van der Waals surface area contributed by atoms with Gasteiger partial charge in [0, 0.05) is 5.56 Å². The smallest absolute Gasteiger partial charge is 0.159 e. The van der Waals surface area contributed by atoms with Gasteiger partial charge in [-0.1, -0.05) is 6.07 Å². The van der Waals surface area contributed by atoms with E-state index < -0.39 is 17.7 Å². The summed E-state index contributed by atoms with van der Waals surface area (Å²) < 4.78 is 30.7. The number of benzene rings is 1. The highest BCUT2D eigenvalue weighted by atomic mass is 19.2. The Labute approximate surface area is 91.1 Å². The van der Waals surface area contributed by atoms with Gasteiger partial charge >= 0.3 is 0 Å². The summed E-state index contributed by atoms with van der Waals surface area (Å²) >= 11 is 0. The van der Waals surface area contributed by atoms with Crippen LogP contribution in [0.2, 0.25) is 0 Å². The molecule has 16 heavy (non-hydrogen) atoms. The molecule has 1 aromatic heterocycles. The molecular formula is C12H10F2O2. The second-order valence-corrected chi connectivity index (χ2v) is 3.57. The van der Waals surface area contributed by atoms with Crippen LogP contribution in [0.1, 0.15) is 23.0 Å². The third kappa shape index (κ3) is 1.97. The van der Waals surface area contributed by atoms with Gasteiger partial charge in [0.05, 0.1) is 6.26 Å². The lowest BCUT2D eigenvalue weighted by Gasteiger charge is -2.08. The number of hydrogen-bond donors (Lipinski definition) is 1. The zero-order valence-corrected chi connectivity index (χ0v) is 8.58. The normalized spacial score (nSPS) is 12.8. The number of halogens is 2. The molecule has 2 rings (SSSR count). The van der Waals surface area contributed by atoms with Crippen LogP contribution in [0.15, 0.2) is 34.9 Å². The van der Waals surface area contributed by atoms with Crippen molar-refractivity contribution in [2.45, 2.75) is 13.0 Å². The van der Waals surface area contributed by atoms with E-state index in [4.69, 9.17) is 4.42 Å². The second-order valence-electron chi connectivity index (χ2n) is 3.57. The summed E-state index contributed by atoms with van der Waals surface area (Å²) in [7, 11) is 0. The highest BCUT2D eigenvalue weighted by molar-refractivity contribution is 5.29. The van der Waals surface area contributed by atoms with Gasteiger partial charge in [-0.05, 0) is 30.7 Å². The minimum absolute atomic E-state index is 0.291. The lowest BCUT2D eigenvalue weighted by Crippen LogP contribution is -1.99.